The summed E-state index contributed by atoms with van der Waals surface area (Å²) in [5.74, 6) is -3.60. The maximum absolute atomic E-state index is 12.1. The number of alkyl halides is 1. The number of aromatic carboxylic acids is 3. The van der Waals surface area contributed by atoms with Gasteiger partial charge in [-0.05, 0) is 267 Å². The molecular formula is C112H97Br2LiO15P2S5. The number of hydrogen-bond donors (Lipinski definition) is 3. The molecule has 0 spiro atoms. The fraction of sp³-hybridized carbons (Fsp3) is 0.0446. The molecule has 0 amide bonds. The number of esters is 3. The molecule has 0 radical (unpaired) electrons. The zero-order valence-corrected chi connectivity index (χ0v) is 84.1. The number of carbonyl (C=O) groups excluding carboxylic acids is 4. The Balaban J connectivity index is 0.000000245. The zero-order valence-electron chi connectivity index (χ0n) is 75.0. The fourth-order valence-corrected chi connectivity index (χ4v) is 22.8. The van der Waals surface area contributed by atoms with Gasteiger partial charge < -0.3 is 57.5 Å². The van der Waals surface area contributed by atoms with Gasteiger partial charge in [0.1, 0.15) is 23.2 Å². The molecule has 6 N–H and O–H groups in total. The minimum atomic E-state index is -1.99. The van der Waals surface area contributed by atoms with E-state index in [1.54, 1.807) is 124 Å². The Morgan fingerprint density at radius 1 is 0.307 bits per heavy atom. The van der Waals surface area contributed by atoms with Crippen LogP contribution >= 0.6 is 87.8 Å². The van der Waals surface area contributed by atoms with Crippen molar-refractivity contribution in [3.05, 3.63) is 506 Å². The number of ether oxygens (including phenoxy) is 3. The number of benzene rings is 12. The first kappa shape index (κ1) is 113. The van der Waals surface area contributed by atoms with Crippen molar-refractivity contribution in [3.8, 4) is 0 Å². The molecule has 0 saturated heterocycles. The Kier molecular flexibility index (Phi) is 51.4. The second-order valence-corrected chi connectivity index (χ2v) is 38.6. The van der Waals surface area contributed by atoms with Crippen molar-refractivity contribution in [1.82, 2.24) is 0 Å². The second kappa shape index (κ2) is 62.6. The Labute approximate surface area is 851 Å². The number of carboxylic acids is 3. The first-order valence-corrected chi connectivity index (χ1v) is 50.5. The molecule has 25 heteroatoms. The molecule has 137 heavy (non-hydrogen) atoms. The number of carboxylic acid groups (broad SMARTS) is 3. The van der Waals surface area contributed by atoms with Gasteiger partial charge in [-0.3, -0.25) is 4.79 Å². The molecule has 0 aliphatic rings. The third kappa shape index (κ3) is 37.5. The Hall–Kier alpha value is -13.1. The largest absolute Gasteiger partial charge is 1.00 e. The zero-order chi connectivity index (χ0) is 94.0. The van der Waals surface area contributed by atoms with Crippen molar-refractivity contribution in [2.45, 2.75) is 11.5 Å². The minimum Gasteiger partial charge on any atom is -1.00 e. The third-order valence-electron chi connectivity index (χ3n) is 19.3. The van der Waals surface area contributed by atoms with E-state index in [9.17, 15) is 33.6 Å². The van der Waals surface area contributed by atoms with Crippen molar-refractivity contribution < 1.29 is 110 Å². The van der Waals surface area contributed by atoms with Crippen LogP contribution in [0.15, 0.2) is 412 Å². The van der Waals surface area contributed by atoms with Crippen LogP contribution in [0.25, 0.3) is 48.6 Å². The van der Waals surface area contributed by atoms with Crippen LogP contribution in [0.3, 0.4) is 0 Å². The molecule has 17 rings (SSSR count). The molecule has 5 aromatic heterocycles. The SMILES string of the molecule is COC(=O)c1cccc(/C=C/c2ccsc2)c1.COC(=O)c1cccc(CBr)c1.COC(=O)c1cccc(C[P+](c2ccccc2)(c2ccccc2)c2ccccc2)c1.O.O=C(O)c1cccc(/C=C/c2ccsc2)c1.O=C(O)c1cccc(/C=C/c2ccsc2)c1.O=C(O)c1cccc(/C=C\c2ccsc2)c1.O=Cc1ccsc1.[Br-].[Li+].[OH-].c1ccc(P(c2ccccc2)c2ccccc2)cc1. The molecule has 5 heterocycles. The van der Waals surface area contributed by atoms with E-state index >= 15 is 0 Å². The predicted molar refractivity (Wildman–Crippen MR) is 568 cm³/mol. The van der Waals surface area contributed by atoms with Crippen LogP contribution in [-0.4, -0.2) is 89.7 Å². The quantitative estimate of drug-likeness (QED) is 0.0127. The van der Waals surface area contributed by atoms with Crippen molar-refractivity contribution in [1.29, 1.82) is 0 Å². The summed E-state index contributed by atoms with van der Waals surface area (Å²) < 4.78 is 14.2. The van der Waals surface area contributed by atoms with Gasteiger partial charge in [0.25, 0.3) is 0 Å². The van der Waals surface area contributed by atoms with Gasteiger partial charge in [0.2, 0.25) is 0 Å². The molecule has 12 aromatic carbocycles. The van der Waals surface area contributed by atoms with Gasteiger partial charge in [-0.25, -0.2) is 28.8 Å². The number of hydrogen-bond acceptors (Lipinski definition) is 16. The van der Waals surface area contributed by atoms with Gasteiger partial charge >= 0.3 is 54.7 Å². The summed E-state index contributed by atoms with van der Waals surface area (Å²) >= 11 is 11.4. The van der Waals surface area contributed by atoms with E-state index in [0.717, 1.165) is 73.4 Å². The molecule has 0 aliphatic heterocycles. The number of methoxy groups -OCH3 is 3. The van der Waals surface area contributed by atoms with Crippen LogP contribution in [0, 0.1) is 0 Å². The maximum Gasteiger partial charge on any atom is 1.00 e. The Morgan fingerprint density at radius 3 is 0.788 bits per heavy atom. The van der Waals surface area contributed by atoms with Crippen LogP contribution < -0.4 is 67.7 Å². The summed E-state index contributed by atoms with van der Waals surface area (Å²) in [4.78, 5) is 76.7. The molecule has 0 bridgehead atoms. The summed E-state index contributed by atoms with van der Waals surface area (Å²) in [6, 6.07) is 118. The smallest absolute Gasteiger partial charge is 1.00 e. The van der Waals surface area contributed by atoms with Crippen LogP contribution in [-0.2, 0) is 25.7 Å². The molecule has 0 saturated carbocycles. The van der Waals surface area contributed by atoms with Gasteiger partial charge in [-0.15, -0.1) is 0 Å². The van der Waals surface area contributed by atoms with E-state index in [1.807, 2.05) is 188 Å². The third-order valence-corrected chi connectivity index (χ3v) is 30.3. The van der Waals surface area contributed by atoms with Gasteiger partial charge in [0.15, 0.2) is 6.29 Å². The van der Waals surface area contributed by atoms with E-state index in [0.29, 0.717) is 33.4 Å². The average molecular weight is 2070 g/mol. The minimum absolute atomic E-state index is 0. The van der Waals surface area contributed by atoms with Gasteiger partial charge in [-0.2, -0.15) is 56.7 Å². The van der Waals surface area contributed by atoms with Gasteiger partial charge in [0.05, 0.1) is 60.9 Å². The monoisotopic (exact) mass is 2070 g/mol. The molecule has 690 valence electrons. The number of thiophene rings is 5. The van der Waals surface area contributed by atoms with Crippen molar-refractivity contribution >= 4 is 210 Å². The molecule has 15 nitrogen and oxygen atoms in total. The summed E-state index contributed by atoms with van der Waals surface area (Å²) in [7, 11) is 1.75. The van der Waals surface area contributed by atoms with Crippen LogP contribution in [0.2, 0.25) is 0 Å². The summed E-state index contributed by atoms with van der Waals surface area (Å²) in [6.45, 7) is 0. The standard InChI is InChI=1S/C27H24O2P.C18H15P.C14H12O2S.3C13H10O2S.C9H9BrO2.C5H4OS.BrH.Li.2H2O/c1-29-27(28)23-13-11-12-22(20-23)21-30(24-14-5-2-6-15-24,25-16-7-3-8-17-25)26-18-9-4-10-19-26;1-4-10-16(11-5-1)19(17-12-6-2-7-13-17)18-14-8-3-9-15-18;1-16-14(15)13-4-2-3-11(9-13)5-6-12-7-8-17-10-12;3*14-13(15)12-3-1-2-10(8-12)4-5-11-6-7-16-9-11;1-12-9(11)8-4-2-3-7(5-8)6-10;6-3-5-1-2-7-4-5;;;;/h2-20H,21H2,1H3;1-15H;2-10H,1H3;3*1-9H,(H,14,15);2-5H,6H2,1H3;1-4H;1H;;2*1H2/q+1;;;;;;;;;+1;;/p-2/b;;6-5+;2*5-4+;5-4-;;;;;;. The predicted octanol–water partition coefficient (Wildman–Crippen LogP) is 19.9. The molecule has 0 fully saturated rings. The first-order chi connectivity index (χ1) is 64.9. The van der Waals surface area contributed by atoms with Crippen molar-refractivity contribution in [3.63, 3.8) is 0 Å². The van der Waals surface area contributed by atoms with Gasteiger partial charge in [0, 0.05) is 16.3 Å². The van der Waals surface area contributed by atoms with Crippen LogP contribution in [0.4, 0.5) is 0 Å². The van der Waals surface area contributed by atoms with E-state index in [4.69, 9.17) is 20.1 Å². The summed E-state index contributed by atoms with van der Waals surface area (Å²) in [5.41, 5.74) is 13.9. The molecule has 0 unspecified atom stereocenters. The van der Waals surface area contributed by atoms with Crippen LogP contribution in [0.1, 0.15) is 128 Å². The van der Waals surface area contributed by atoms with E-state index in [1.165, 1.54) is 70.1 Å². The van der Waals surface area contributed by atoms with E-state index < -0.39 is 33.1 Å². The van der Waals surface area contributed by atoms with Crippen molar-refractivity contribution in [2.24, 2.45) is 0 Å². The van der Waals surface area contributed by atoms with E-state index in [-0.39, 0.29) is 64.7 Å². The normalized spacial score (nSPS) is 10.3. The Morgan fingerprint density at radius 2 is 0.540 bits per heavy atom. The molecule has 17 aromatic rings. The number of rotatable bonds is 24. The maximum atomic E-state index is 12.1. The summed E-state index contributed by atoms with van der Waals surface area (Å²) in [5, 5.41) is 55.4. The van der Waals surface area contributed by atoms with E-state index in [2.05, 4.69) is 219 Å². The first-order valence-electron chi connectivity index (χ1n) is 41.3. The summed E-state index contributed by atoms with van der Waals surface area (Å²) in [6.07, 6.45) is 17.3. The Bertz CT molecular complexity index is 6120. The molecule has 0 aliphatic carbocycles. The van der Waals surface area contributed by atoms with Crippen LogP contribution in [0.5, 0.6) is 0 Å². The van der Waals surface area contributed by atoms with Crippen molar-refractivity contribution in [2.75, 3.05) is 21.3 Å². The number of halogens is 2. The average Bonchev–Trinajstić information content (AvgIpc) is 1.57. The number of carbonyl (C=O) groups is 7. The second-order valence-electron chi connectivity index (χ2n) is 28.5. The number of aldehydes is 1. The molecular weight excluding hydrogens is 1970 g/mol. The fourth-order valence-electron chi connectivity index (χ4n) is 12.8. The topological polar surface area (TPSA) is 269 Å². The molecule has 0 atom stereocenters. The van der Waals surface area contributed by atoms with Gasteiger partial charge in [-0.1, -0.05) is 283 Å².